The fourth-order valence-corrected chi connectivity index (χ4v) is 1.12. The van der Waals surface area contributed by atoms with Crippen LogP contribution in [-0.4, -0.2) is 36.6 Å². The van der Waals surface area contributed by atoms with Crippen molar-refractivity contribution in [1.82, 2.24) is 0 Å². The molecule has 3 N–H and O–H groups in total. The maximum atomic E-state index is 11.1. The average Bonchev–Trinajstić information content (AvgIpc) is 3.04. The van der Waals surface area contributed by atoms with Gasteiger partial charge in [-0.3, -0.25) is 4.79 Å². The van der Waals surface area contributed by atoms with E-state index in [0.29, 0.717) is 6.29 Å². The molecule has 1 aliphatic carbocycles. The highest BCUT2D eigenvalue weighted by Crippen LogP contribution is 2.14. The molecule has 0 unspecified atom stereocenters. The van der Waals surface area contributed by atoms with Gasteiger partial charge in [0.1, 0.15) is 6.29 Å². The molecule has 0 spiro atoms. The van der Waals surface area contributed by atoms with Crippen LogP contribution in [0.25, 0.3) is 0 Å². The Morgan fingerprint density at radius 2 is 2.00 bits per heavy atom. The van der Waals surface area contributed by atoms with Gasteiger partial charge in [0.2, 0.25) is 0 Å². The van der Waals surface area contributed by atoms with E-state index < -0.39 is 24.0 Å². The second-order valence-corrected chi connectivity index (χ2v) is 3.92. The molecular formula is C11H21NO4. The number of aldehydes is 1. The summed E-state index contributed by atoms with van der Waals surface area (Å²) in [5, 5.41) is 9.21. The summed E-state index contributed by atoms with van der Waals surface area (Å²) in [7, 11) is 1.21. The Bertz CT molecular complexity index is 213. The van der Waals surface area contributed by atoms with Gasteiger partial charge in [0.05, 0.1) is 19.1 Å². The van der Waals surface area contributed by atoms with Crippen molar-refractivity contribution in [3.05, 3.63) is 0 Å². The van der Waals surface area contributed by atoms with Crippen LogP contribution in [0.4, 0.5) is 0 Å². The molecule has 0 aromatic rings. The Morgan fingerprint density at radius 3 is 2.25 bits per heavy atom. The van der Waals surface area contributed by atoms with E-state index in [1.54, 1.807) is 0 Å². The first kappa shape index (κ1) is 15.1. The first-order chi connectivity index (χ1) is 7.54. The molecule has 0 heterocycles. The Balaban J connectivity index is 0.000000635. The standard InChI is InChI=1S/C8H15NO4.C3H6/c1-5(11)7(8(12)13-2)6(9)3-4-10;1-2-3-1/h4-7,11H,3,9H2,1-2H3;1-3H2/t5-,6-,7-;/m1./s1. The number of methoxy groups -OCH3 is 1. The smallest absolute Gasteiger partial charge is 0.312 e. The van der Waals surface area contributed by atoms with Crippen LogP contribution in [0.15, 0.2) is 0 Å². The van der Waals surface area contributed by atoms with E-state index in [2.05, 4.69) is 4.74 Å². The van der Waals surface area contributed by atoms with E-state index >= 15 is 0 Å². The van der Waals surface area contributed by atoms with E-state index in [4.69, 9.17) is 5.73 Å². The van der Waals surface area contributed by atoms with Crippen molar-refractivity contribution >= 4 is 12.3 Å². The third kappa shape index (κ3) is 6.53. The normalized spacial score (nSPS) is 18.5. The van der Waals surface area contributed by atoms with Gasteiger partial charge in [-0.2, -0.15) is 0 Å². The van der Waals surface area contributed by atoms with Crippen molar-refractivity contribution in [3.63, 3.8) is 0 Å². The van der Waals surface area contributed by atoms with E-state index in [9.17, 15) is 14.7 Å². The lowest BCUT2D eigenvalue weighted by molar-refractivity contribution is -0.150. The van der Waals surface area contributed by atoms with Crippen molar-refractivity contribution in [2.24, 2.45) is 11.7 Å². The molecule has 1 saturated carbocycles. The Morgan fingerprint density at radius 1 is 1.50 bits per heavy atom. The van der Waals surface area contributed by atoms with Crippen LogP contribution in [0.3, 0.4) is 0 Å². The van der Waals surface area contributed by atoms with Crippen molar-refractivity contribution in [3.8, 4) is 0 Å². The summed E-state index contributed by atoms with van der Waals surface area (Å²) in [5.74, 6) is -1.43. The lowest BCUT2D eigenvalue weighted by Gasteiger charge is -2.22. The highest BCUT2D eigenvalue weighted by atomic mass is 16.5. The number of carbonyl (C=O) groups is 2. The first-order valence-electron chi connectivity index (χ1n) is 5.49. The molecule has 0 aromatic heterocycles. The van der Waals surface area contributed by atoms with Crippen LogP contribution in [0, 0.1) is 5.92 Å². The van der Waals surface area contributed by atoms with Gasteiger partial charge in [-0.05, 0) is 6.92 Å². The number of esters is 1. The zero-order valence-corrected chi connectivity index (χ0v) is 9.89. The summed E-state index contributed by atoms with van der Waals surface area (Å²) in [6, 6.07) is -0.690. The quantitative estimate of drug-likeness (QED) is 0.522. The highest BCUT2D eigenvalue weighted by molar-refractivity contribution is 5.74. The van der Waals surface area contributed by atoms with Crippen LogP contribution < -0.4 is 5.73 Å². The van der Waals surface area contributed by atoms with Gasteiger partial charge in [-0.1, -0.05) is 19.3 Å². The zero-order valence-electron chi connectivity index (χ0n) is 9.89. The van der Waals surface area contributed by atoms with Gasteiger partial charge in [-0.15, -0.1) is 0 Å². The van der Waals surface area contributed by atoms with Gasteiger partial charge in [0, 0.05) is 12.5 Å². The fourth-order valence-electron chi connectivity index (χ4n) is 1.12. The lowest BCUT2D eigenvalue weighted by atomic mass is 9.93. The molecule has 3 atom stereocenters. The van der Waals surface area contributed by atoms with Crippen LogP contribution in [0.1, 0.15) is 32.6 Å². The second-order valence-electron chi connectivity index (χ2n) is 3.92. The highest BCUT2D eigenvalue weighted by Gasteiger charge is 2.30. The molecule has 0 bridgehead atoms. The topological polar surface area (TPSA) is 89.6 Å². The minimum Gasteiger partial charge on any atom is -0.469 e. The molecule has 16 heavy (non-hydrogen) atoms. The van der Waals surface area contributed by atoms with Crippen molar-refractivity contribution < 1.29 is 19.4 Å². The molecule has 0 radical (unpaired) electrons. The van der Waals surface area contributed by atoms with Crippen LogP contribution in [-0.2, 0) is 14.3 Å². The monoisotopic (exact) mass is 231 g/mol. The number of nitrogens with two attached hydrogens (primary N) is 1. The summed E-state index contributed by atoms with van der Waals surface area (Å²) in [6.07, 6.45) is 4.23. The minimum absolute atomic E-state index is 0.0324. The summed E-state index contributed by atoms with van der Waals surface area (Å²) >= 11 is 0. The summed E-state index contributed by atoms with van der Waals surface area (Å²) in [4.78, 5) is 21.2. The molecule has 0 saturated heterocycles. The molecular weight excluding hydrogens is 210 g/mol. The molecule has 5 heteroatoms. The van der Waals surface area contributed by atoms with Crippen LogP contribution in [0.2, 0.25) is 0 Å². The SMILES string of the molecule is C1CC1.COC(=O)[C@@H]([C@H](N)CC=O)[C@@H](C)O. The Kier molecular flexibility index (Phi) is 7.76. The number of ether oxygens (including phenoxy) is 1. The third-order valence-electron chi connectivity index (χ3n) is 2.18. The Labute approximate surface area is 96.0 Å². The summed E-state index contributed by atoms with van der Waals surface area (Å²) < 4.78 is 4.45. The van der Waals surface area contributed by atoms with Crippen molar-refractivity contribution in [2.45, 2.75) is 44.8 Å². The van der Waals surface area contributed by atoms with Gasteiger partial charge < -0.3 is 20.4 Å². The van der Waals surface area contributed by atoms with Crippen LogP contribution in [0.5, 0.6) is 0 Å². The number of hydrogen-bond donors (Lipinski definition) is 2. The van der Waals surface area contributed by atoms with Crippen molar-refractivity contribution in [2.75, 3.05) is 7.11 Å². The summed E-state index contributed by atoms with van der Waals surface area (Å²) in [6.45, 7) is 1.44. The molecule has 1 fully saturated rings. The first-order valence-corrected chi connectivity index (χ1v) is 5.49. The minimum atomic E-state index is -0.914. The number of aliphatic hydroxyl groups excluding tert-OH is 1. The van der Waals surface area contributed by atoms with E-state index in [-0.39, 0.29) is 6.42 Å². The molecule has 5 nitrogen and oxygen atoms in total. The number of hydrogen-bond acceptors (Lipinski definition) is 5. The zero-order chi connectivity index (χ0) is 12.6. The fraction of sp³-hybridized carbons (Fsp3) is 0.818. The maximum Gasteiger partial charge on any atom is 0.312 e. The van der Waals surface area contributed by atoms with Crippen molar-refractivity contribution in [1.29, 1.82) is 0 Å². The van der Waals surface area contributed by atoms with Crippen LogP contribution >= 0.6 is 0 Å². The maximum absolute atomic E-state index is 11.1. The third-order valence-corrected chi connectivity index (χ3v) is 2.18. The van der Waals surface area contributed by atoms with E-state index in [1.807, 2.05) is 0 Å². The Hall–Kier alpha value is -0.940. The predicted molar refractivity (Wildman–Crippen MR) is 59.7 cm³/mol. The molecule has 1 rings (SSSR count). The number of aliphatic hydroxyl groups is 1. The largest absolute Gasteiger partial charge is 0.469 e. The van der Waals surface area contributed by atoms with Gasteiger partial charge in [0.15, 0.2) is 0 Å². The van der Waals surface area contributed by atoms with Gasteiger partial charge >= 0.3 is 5.97 Å². The van der Waals surface area contributed by atoms with Gasteiger partial charge in [0.25, 0.3) is 0 Å². The average molecular weight is 231 g/mol. The molecule has 94 valence electrons. The molecule has 0 amide bonds. The van der Waals surface area contributed by atoms with E-state index in [1.165, 1.54) is 33.3 Å². The molecule has 0 aliphatic heterocycles. The molecule has 1 aliphatic rings. The predicted octanol–water partition coefficient (Wildman–Crippen LogP) is 0.243. The lowest BCUT2D eigenvalue weighted by Crippen LogP contribution is -2.42. The van der Waals surface area contributed by atoms with Gasteiger partial charge in [-0.25, -0.2) is 0 Å². The van der Waals surface area contributed by atoms with E-state index in [0.717, 1.165) is 0 Å². The second kappa shape index (κ2) is 8.24. The molecule has 0 aromatic carbocycles. The number of carbonyl (C=O) groups excluding carboxylic acids is 2. The number of rotatable bonds is 5. The summed E-state index contributed by atoms with van der Waals surface area (Å²) in [5.41, 5.74) is 5.51.